The highest BCUT2D eigenvalue weighted by molar-refractivity contribution is 6.33. The van der Waals surface area contributed by atoms with Crippen molar-refractivity contribution in [1.29, 1.82) is 0 Å². The number of carboxylic acids is 1. The molecule has 0 unspecified atom stereocenters. The van der Waals surface area contributed by atoms with E-state index in [4.69, 9.17) is 42.3 Å². The summed E-state index contributed by atoms with van der Waals surface area (Å²) in [5.41, 5.74) is 2.05. The van der Waals surface area contributed by atoms with E-state index in [1.165, 1.54) is 6.92 Å². The van der Waals surface area contributed by atoms with Gasteiger partial charge in [0.25, 0.3) is 0 Å². The van der Waals surface area contributed by atoms with Crippen LogP contribution in [0.3, 0.4) is 0 Å². The number of fused-ring (bicyclic) bond motifs is 1. The number of aromatic nitrogens is 2. The van der Waals surface area contributed by atoms with Crippen LogP contribution in [0.2, 0.25) is 10.0 Å². The van der Waals surface area contributed by atoms with Crippen molar-refractivity contribution in [2.75, 3.05) is 0 Å². The molecule has 0 saturated carbocycles. The lowest BCUT2D eigenvalue weighted by Crippen LogP contribution is -2.22. The molecule has 4 rings (SSSR count). The van der Waals surface area contributed by atoms with Gasteiger partial charge in [0.1, 0.15) is 17.0 Å². The Morgan fingerprint density at radius 1 is 1.15 bits per heavy atom. The number of ether oxygens (including phenoxy) is 2. The fourth-order valence-corrected chi connectivity index (χ4v) is 3.59. The molecule has 0 spiro atoms. The van der Waals surface area contributed by atoms with Crippen LogP contribution in [0, 0.1) is 0 Å². The van der Waals surface area contributed by atoms with Crippen molar-refractivity contribution in [2.45, 2.75) is 32.8 Å². The molecule has 0 saturated heterocycles. The molecule has 0 bridgehead atoms. The summed E-state index contributed by atoms with van der Waals surface area (Å²) < 4.78 is 17.0. The first kappa shape index (κ1) is 22.9. The summed E-state index contributed by atoms with van der Waals surface area (Å²) in [7, 11) is 0. The monoisotopic (exact) mass is 486 g/mol. The molecule has 0 aliphatic rings. The van der Waals surface area contributed by atoms with Crippen molar-refractivity contribution < 1.29 is 23.9 Å². The molecule has 2 heterocycles. The van der Waals surface area contributed by atoms with Crippen LogP contribution < -0.4 is 9.47 Å². The zero-order valence-electron chi connectivity index (χ0n) is 17.8. The van der Waals surface area contributed by atoms with E-state index < -0.39 is 12.1 Å². The quantitative estimate of drug-likeness (QED) is 0.292. The second-order valence-electron chi connectivity index (χ2n) is 7.36. The van der Waals surface area contributed by atoms with Gasteiger partial charge in [-0.2, -0.15) is 0 Å². The van der Waals surface area contributed by atoms with E-state index in [-0.39, 0.29) is 10.8 Å². The van der Waals surface area contributed by atoms with Crippen molar-refractivity contribution in [1.82, 2.24) is 10.1 Å². The van der Waals surface area contributed by atoms with E-state index in [1.54, 1.807) is 42.5 Å². The van der Waals surface area contributed by atoms with E-state index in [1.807, 2.05) is 6.07 Å². The van der Waals surface area contributed by atoms with Crippen LogP contribution in [-0.2, 0) is 11.2 Å². The summed E-state index contributed by atoms with van der Waals surface area (Å²) in [5, 5.41) is 14.8. The van der Waals surface area contributed by atoms with Gasteiger partial charge in [0.15, 0.2) is 11.9 Å². The van der Waals surface area contributed by atoms with Crippen LogP contribution in [0.25, 0.3) is 22.2 Å². The predicted octanol–water partition coefficient (Wildman–Crippen LogP) is 6.79. The fraction of sp³-hybridized carbons (Fsp3) is 0.208. The Bertz CT molecular complexity index is 1300. The third-order valence-electron chi connectivity index (χ3n) is 4.90. The number of rotatable bonds is 8. The minimum atomic E-state index is -1.09. The van der Waals surface area contributed by atoms with Crippen LogP contribution >= 0.6 is 23.2 Å². The molecule has 2 aromatic heterocycles. The Balaban J connectivity index is 1.73. The average molecular weight is 487 g/mol. The molecule has 4 aromatic rings. The first-order valence-electron chi connectivity index (χ1n) is 10.3. The largest absolute Gasteiger partial charge is 0.479 e. The summed E-state index contributed by atoms with van der Waals surface area (Å²) >= 11 is 12.2. The van der Waals surface area contributed by atoms with Crippen LogP contribution in [-0.4, -0.2) is 27.3 Å². The van der Waals surface area contributed by atoms with Gasteiger partial charge in [-0.3, -0.25) is 0 Å². The van der Waals surface area contributed by atoms with E-state index >= 15 is 0 Å². The molecule has 0 radical (unpaired) electrons. The summed E-state index contributed by atoms with van der Waals surface area (Å²) in [6.07, 6.45) is 0.472. The first-order chi connectivity index (χ1) is 15.9. The number of carboxylic acid groups (broad SMARTS) is 1. The fourth-order valence-electron chi connectivity index (χ4n) is 3.27. The second-order valence-corrected chi connectivity index (χ2v) is 8.20. The van der Waals surface area contributed by atoms with Crippen molar-refractivity contribution >= 4 is 40.1 Å². The number of hydrogen-bond donors (Lipinski definition) is 1. The van der Waals surface area contributed by atoms with Crippen LogP contribution in [0.15, 0.2) is 53.1 Å². The smallest absolute Gasteiger partial charge is 0.344 e. The third kappa shape index (κ3) is 5.05. The number of hydrogen-bond acceptors (Lipinski definition) is 6. The summed E-state index contributed by atoms with van der Waals surface area (Å²) in [6, 6.07) is 13.9. The number of aryl methyl sites for hydroxylation is 1. The Morgan fingerprint density at radius 2 is 1.91 bits per heavy atom. The molecular weight excluding hydrogens is 467 g/mol. The van der Waals surface area contributed by atoms with Gasteiger partial charge >= 0.3 is 5.97 Å². The van der Waals surface area contributed by atoms with Gasteiger partial charge < -0.3 is 19.1 Å². The standard InChI is InChI=1S/C24H20Cl2N2O5/c1-3-4-19-16(9-10-22(27-19)32-15-7-5-14(25)6-8-15)23-17-11-21(31-13(2)24(29)30)18(26)12-20(17)28-33-23/h5-13H,3-4H2,1-2H3,(H,29,30)/t13-/m0/s1. The van der Waals surface area contributed by atoms with E-state index in [9.17, 15) is 4.79 Å². The van der Waals surface area contributed by atoms with Gasteiger partial charge in [0, 0.05) is 16.7 Å². The normalized spacial score (nSPS) is 12.0. The van der Waals surface area contributed by atoms with E-state index in [2.05, 4.69) is 17.1 Å². The lowest BCUT2D eigenvalue weighted by Gasteiger charge is -2.12. The van der Waals surface area contributed by atoms with Crippen LogP contribution in [0.4, 0.5) is 0 Å². The molecule has 1 N–H and O–H groups in total. The van der Waals surface area contributed by atoms with Gasteiger partial charge in [0.2, 0.25) is 5.88 Å². The zero-order valence-corrected chi connectivity index (χ0v) is 19.4. The molecule has 7 nitrogen and oxygen atoms in total. The number of pyridine rings is 1. The van der Waals surface area contributed by atoms with Crippen LogP contribution in [0.1, 0.15) is 26.0 Å². The van der Waals surface area contributed by atoms with Crippen molar-refractivity contribution in [2.24, 2.45) is 0 Å². The summed E-state index contributed by atoms with van der Waals surface area (Å²) in [4.78, 5) is 15.9. The van der Waals surface area contributed by atoms with E-state index in [0.717, 1.165) is 17.7 Å². The molecule has 1 atom stereocenters. The minimum Gasteiger partial charge on any atom is -0.479 e. The van der Waals surface area contributed by atoms with Crippen molar-refractivity contribution in [3.8, 4) is 28.7 Å². The zero-order chi connectivity index (χ0) is 23.5. The molecule has 0 aliphatic heterocycles. The number of nitrogens with zero attached hydrogens (tertiary/aromatic N) is 2. The number of benzene rings is 2. The Labute approximate surface area is 199 Å². The number of aliphatic carboxylic acids is 1. The van der Waals surface area contributed by atoms with Gasteiger partial charge in [-0.15, -0.1) is 0 Å². The molecule has 9 heteroatoms. The van der Waals surface area contributed by atoms with Crippen molar-refractivity contribution in [3.05, 3.63) is 64.3 Å². The Hall–Kier alpha value is -3.29. The van der Waals surface area contributed by atoms with Gasteiger partial charge in [-0.1, -0.05) is 41.7 Å². The maximum Gasteiger partial charge on any atom is 0.344 e. The molecule has 2 aromatic carbocycles. The molecular formula is C24H20Cl2N2O5. The van der Waals surface area contributed by atoms with E-state index in [0.29, 0.717) is 39.7 Å². The lowest BCUT2D eigenvalue weighted by atomic mass is 10.0. The SMILES string of the molecule is CCCc1nc(Oc2ccc(Cl)cc2)ccc1-c1onc2cc(Cl)c(O[C@@H](C)C(=O)O)cc12. The molecule has 33 heavy (non-hydrogen) atoms. The van der Waals surface area contributed by atoms with Crippen molar-refractivity contribution in [3.63, 3.8) is 0 Å². The maximum absolute atomic E-state index is 11.2. The van der Waals surface area contributed by atoms with Gasteiger partial charge in [-0.05, 0) is 55.8 Å². The summed E-state index contributed by atoms with van der Waals surface area (Å²) in [6.45, 7) is 3.48. The summed E-state index contributed by atoms with van der Waals surface area (Å²) in [5.74, 6) is 0.689. The van der Waals surface area contributed by atoms with Gasteiger partial charge in [0.05, 0.1) is 16.1 Å². The highest BCUT2D eigenvalue weighted by atomic mass is 35.5. The van der Waals surface area contributed by atoms with Gasteiger partial charge in [-0.25, -0.2) is 9.78 Å². The van der Waals surface area contributed by atoms with Crippen LogP contribution in [0.5, 0.6) is 17.4 Å². The lowest BCUT2D eigenvalue weighted by molar-refractivity contribution is -0.144. The Kier molecular flexibility index (Phi) is 6.72. The number of halogens is 2. The average Bonchev–Trinajstić information content (AvgIpc) is 3.18. The highest BCUT2D eigenvalue weighted by Gasteiger charge is 2.21. The molecule has 0 amide bonds. The highest BCUT2D eigenvalue weighted by Crippen LogP contribution is 2.38. The third-order valence-corrected chi connectivity index (χ3v) is 5.45. The predicted molar refractivity (Wildman–Crippen MR) is 125 cm³/mol. The molecule has 0 aliphatic carbocycles. The number of carbonyl (C=O) groups is 1. The minimum absolute atomic E-state index is 0.233. The molecule has 170 valence electrons. The maximum atomic E-state index is 11.2. The second kappa shape index (κ2) is 9.68. The topological polar surface area (TPSA) is 94.7 Å². The molecule has 0 fully saturated rings. The first-order valence-corrected chi connectivity index (χ1v) is 11.0. The Morgan fingerprint density at radius 3 is 2.61 bits per heavy atom.